The number of rotatable bonds is 3. The van der Waals surface area contributed by atoms with E-state index in [1.165, 1.54) is 12.0 Å². The summed E-state index contributed by atoms with van der Waals surface area (Å²) >= 11 is 0. The van der Waals surface area contributed by atoms with Crippen LogP contribution in [0.2, 0.25) is 0 Å². The molecule has 2 heterocycles. The van der Waals surface area contributed by atoms with Crippen LogP contribution in [0, 0.1) is 0 Å². The first kappa shape index (κ1) is 9.68. The molecule has 1 aliphatic rings. The van der Waals surface area contributed by atoms with Gasteiger partial charge in [-0.05, 0) is 19.9 Å². The highest BCUT2D eigenvalue weighted by molar-refractivity contribution is 5.09. The van der Waals surface area contributed by atoms with E-state index in [4.69, 9.17) is 0 Å². The Kier molecular flexibility index (Phi) is 2.84. The van der Waals surface area contributed by atoms with Crippen LogP contribution in [0.1, 0.15) is 24.9 Å². The molecule has 0 radical (unpaired) electrons. The zero-order valence-electron chi connectivity index (χ0n) is 8.83. The Bertz CT molecular complexity index is 288. The largest absolute Gasteiger partial charge is 0.315 e. The van der Waals surface area contributed by atoms with E-state index >= 15 is 0 Å². The molecule has 78 valence electrons. The number of hydrogen-bond acceptors (Lipinski definition) is 3. The van der Waals surface area contributed by atoms with E-state index in [1.807, 2.05) is 17.9 Å². The third kappa shape index (κ3) is 2.13. The van der Waals surface area contributed by atoms with Crippen LogP contribution in [0.5, 0.6) is 0 Å². The molecule has 1 aromatic heterocycles. The zero-order valence-corrected chi connectivity index (χ0v) is 8.83. The van der Waals surface area contributed by atoms with Crippen molar-refractivity contribution in [3.05, 3.63) is 18.0 Å². The summed E-state index contributed by atoms with van der Waals surface area (Å²) in [5, 5.41) is 11.1. The second-order valence-corrected chi connectivity index (χ2v) is 4.03. The van der Waals surface area contributed by atoms with Gasteiger partial charge in [0.15, 0.2) is 0 Å². The van der Waals surface area contributed by atoms with Crippen molar-refractivity contribution in [2.75, 3.05) is 13.1 Å². The summed E-state index contributed by atoms with van der Waals surface area (Å²) in [4.78, 5) is 0. The number of aromatic nitrogens is 2. The van der Waals surface area contributed by atoms with Crippen LogP contribution in [0.4, 0.5) is 0 Å². The van der Waals surface area contributed by atoms with E-state index in [0.717, 1.165) is 13.1 Å². The van der Waals surface area contributed by atoms with Gasteiger partial charge in [0.1, 0.15) is 0 Å². The van der Waals surface area contributed by atoms with Crippen LogP contribution in [0.15, 0.2) is 12.4 Å². The maximum Gasteiger partial charge on any atom is 0.0537 e. The molecule has 1 aliphatic heterocycles. The van der Waals surface area contributed by atoms with Crippen LogP contribution in [0.25, 0.3) is 0 Å². The van der Waals surface area contributed by atoms with Crippen molar-refractivity contribution < 1.29 is 0 Å². The summed E-state index contributed by atoms with van der Waals surface area (Å²) < 4.78 is 1.85. The Labute approximate surface area is 84.7 Å². The van der Waals surface area contributed by atoms with E-state index in [1.54, 1.807) is 0 Å². The molecule has 4 nitrogen and oxygen atoms in total. The molecule has 2 unspecified atom stereocenters. The second kappa shape index (κ2) is 4.11. The summed E-state index contributed by atoms with van der Waals surface area (Å²) in [7, 11) is 1.95. The molecular weight excluding hydrogens is 176 g/mol. The quantitative estimate of drug-likeness (QED) is 0.733. The maximum atomic E-state index is 4.17. The summed E-state index contributed by atoms with van der Waals surface area (Å²) in [6.45, 7) is 4.41. The predicted molar refractivity (Wildman–Crippen MR) is 56.0 cm³/mol. The standard InChI is InChI=1S/C10H18N4/c1-8(9-5-12-14(2)7-9)13-10-3-4-11-6-10/h5,7-8,10-11,13H,3-4,6H2,1-2H3. The number of hydrogen-bond donors (Lipinski definition) is 2. The lowest BCUT2D eigenvalue weighted by molar-refractivity contribution is 0.478. The van der Waals surface area contributed by atoms with Crippen molar-refractivity contribution in [1.82, 2.24) is 20.4 Å². The van der Waals surface area contributed by atoms with Crippen molar-refractivity contribution in [3.63, 3.8) is 0 Å². The van der Waals surface area contributed by atoms with Crippen molar-refractivity contribution in [3.8, 4) is 0 Å². The number of aryl methyl sites for hydroxylation is 1. The van der Waals surface area contributed by atoms with Gasteiger partial charge in [-0.2, -0.15) is 5.10 Å². The minimum atomic E-state index is 0.397. The lowest BCUT2D eigenvalue weighted by Crippen LogP contribution is -2.32. The SMILES string of the molecule is CC(NC1CCNC1)c1cnn(C)c1. The monoisotopic (exact) mass is 194 g/mol. The summed E-state index contributed by atoms with van der Waals surface area (Å²) in [6.07, 6.45) is 5.23. The molecule has 0 aromatic carbocycles. The van der Waals surface area contributed by atoms with E-state index in [2.05, 4.69) is 28.9 Å². The van der Waals surface area contributed by atoms with Gasteiger partial charge in [-0.15, -0.1) is 0 Å². The third-order valence-electron chi connectivity index (χ3n) is 2.77. The molecule has 4 heteroatoms. The lowest BCUT2D eigenvalue weighted by atomic mass is 10.1. The highest BCUT2D eigenvalue weighted by Gasteiger charge is 2.17. The van der Waals surface area contributed by atoms with Crippen LogP contribution < -0.4 is 10.6 Å². The fraction of sp³-hybridized carbons (Fsp3) is 0.700. The van der Waals surface area contributed by atoms with Crippen LogP contribution in [-0.2, 0) is 7.05 Å². The van der Waals surface area contributed by atoms with Gasteiger partial charge in [0, 0.05) is 37.4 Å². The average molecular weight is 194 g/mol. The van der Waals surface area contributed by atoms with Gasteiger partial charge in [-0.3, -0.25) is 4.68 Å². The van der Waals surface area contributed by atoms with E-state index < -0.39 is 0 Å². The molecule has 0 bridgehead atoms. The van der Waals surface area contributed by atoms with E-state index in [-0.39, 0.29) is 0 Å². The minimum absolute atomic E-state index is 0.397. The molecule has 0 saturated carbocycles. The number of nitrogens with zero attached hydrogens (tertiary/aromatic N) is 2. The average Bonchev–Trinajstić information content (AvgIpc) is 2.75. The normalized spacial score (nSPS) is 24.0. The Hall–Kier alpha value is -0.870. The summed E-state index contributed by atoms with van der Waals surface area (Å²) in [5.74, 6) is 0. The van der Waals surface area contributed by atoms with Gasteiger partial charge in [-0.25, -0.2) is 0 Å². The lowest BCUT2D eigenvalue weighted by Gasteiger charge is -2.17. The van der Waals surface area contributed by atoms with Gasteiger partial charge in [0.25, 0.3) is 0 Å². The molecular formula is C10H18N4. The Balaban J connectivity index is 1.91. The number of nitrogens with one attached hydrogen (secondary N) is 2. The van der Waals surface area contributed by atoms with Crippen molar-refractivity contribution in [2.24, 2.45) is 7.05 Å². The first-order valence-electron chi connectivity index (χ1n) is 5.21. The van der Waals surface area contributed by atoms with Gasteiger partial charge in [0.2, 0.25) is 0 Å². The van der Waals surface area contributed by atoms with E-state index in [0.29, 0.717) is 12.1 Å². The fourth-order valence-corrected chi connectivity index (χ4v) is 1.91. The molecule has 2 rings (SSSR count). The fourth-order valence-electron chi connectivity index (χ4n) is 1.91. The van der Waals surface area contributed by atoms with Crippen LogP contribution >= 0.6 is 0 Å². The van der Waals surface area contributed by atoms with Crippen molar-refractivity contribution in [1.29, 1.82) is 0 Å². The second-order valence-electron chi connectivity index (χ2n) is 4.03. The summed E-state index contributed by atoms with van der Waals surface area (Å²) in [6, 6.07) is 1.01. The van der Waals surface area contributed by atoms with Crippen LogP contribution in [0.3, 0.4) is 0 Å². The predicted octanol–water partition coefficient (Wildman–Crippen LogP) is 0.433. The van der Waals surface area contributed by atoms with Crippen molar-refractivity contribution in [2.45, 2.75) is 25.4 Å². The van der Waals surface area contributed by atoms with Gasteiger partial charge >= 0.3 is 0 Å². The Morgan fingerprint density at radius 2 is 2.57 bits per heavy atom. The minimum Gasteiger partial charge on any atom is -0.315 e. The Morgan fingerprint density at radius 3 is 3.14 bits per heavy atom. The topological polar surface area (TPSA) is 41.9 Å². The highest BCUT2D eigenvalue weighted by atomic mass is 15.2. The Morgan fingerprint density at radius 1 is 1.71 bits per heavy atom. The van der Waals surface area contributed by atoms with Crippen molar-refractivity contribution >= 4 is 0 Å². The molecule has 2 N–H and O–H groups in total. The maximum absolute atomic E-state index is 4.17. The van der Waals surface area contributed by atoms with Gasteiger partial charge < -0.3 is 10.6 Å². The molecule has 1 saturated heterocycles. The van der Waals surface area contributed by atoms with Gasteiger partial charge in [-0.1, -0.05) is 0 Å². The molecule has 0 amide bonds. The molecule has 1 aromatic rings. The highest BCUT2D eigenvalue weighted by Crippen LogP contribution is 2.12. The third-order valence-corrected chi connectivity index (χ3v) is 2.77. The molecule has 2 atom stereocenters. The smallest absolute Gasteiger partial charge is 0.0537 e. The molecule has 14 heavy (non-hydrogen) atoms. The molecule has 0 aliphatic carbocycles. The van der Waals surface area contributed by atoms with Crippen LogP contribution in [-0.4, -0.2) is 28.9 Å². The first-order chi connectivity index (χ1) is 6.75. The summed E-state index contributed by atoms with van der Waals surface area (Å²) in [5.41, 5.74) is 1.26. The van der Waals surface area contributed by atoms with E-state index in [9.17, 15) is 0 Å². The zero-order chi connectivity index (χ0) is 9.97. The first-order valence-corrected chi connectivity index (χ1v) is 5.21. The molecule has 1 fully saturated rings. The van der Waals surface area contributed by atoms with Gasteiger partial charge in [0.05, 0.1) is 6.20 Å². The molecule has 0 spiro atoms.